The molecule has 6 nitrogen and oxygen atoms in total. The van der Waals surface area contributed by atoms with E-state index in [4.69, 9.17) is 16.2 Å². The van der Waals surface area contributed by atoms with Crippen LogP contribution in [0, 0.1) is 0 Å². The number of nitrogen functional groups attached to an aromatic ring is 1. The summed E-state index contributed by atoms with van der Waals surface area (Å²) in [7, 11) is 0. The Bertz CT molecular complexity index is 640. The molecule has 0 aliphatic carbocycles. The first kappa shape index (κ1) is 14.5. The zero-order valence-corrected chi connectivity index (χ0v) is 12.3. The maximum absolute atomic E-state index is 11.7. The Labute approximate surface area is 124 Å². The molecule has 0 unspecified atom stereocenters. The number of nitrogens with two attached hydrogens (primary N) is 2. The van der Waals surface area contributed by atoms with Crippen LogP contribution in [0.25, 0.3) is 0 Å². The van der Waals surface area contributed by atoms with Crippen LogP contribution in [-0.2, 0) is 13.1 Å². The third kappa shape index (κ3) is 3.58. The number of anilines is 1. The number of benzene rings is 1. The fourth-order valence-electron chi connectivity index (χ4n) is 1.66. The molecule has 0 aliphatic heterocycles. The minimum Gasteiger partial charge on any atom is -0.492 e. The van der Waals surface area contributed by atoms with Crippen LogP contribution in [0.1, 0.15) is 5.56 Å². The number of halogens is 1. The number of nitrogens with zero attached hydrogens (tertiary/aromatic N) is 2. The summed E-state index contributed by atoms with van der Waals surface area (Å²) in [5.41, 5.74) is 11.4. The van der Waals surface area contributed by atoms with E-state index in [2.05, 4.69) is 20.9 Å². The van der Waals surface area contributed by atoms with E-state index in [9.17, 15) is 4.79 Å². The van der Waals surface area contributed by atoms with Crippen molar-refractivity contribution in [1.29, 1.82) is 0 Å². The summed E-state index contributed by atoms with van der Waals surface area (Å²) in [6.45, 7) is 0.985. The summed E-state index contributed by atoms with van der Waals surface area (Å²) in [4.78, 5) is 15.4. The number of ether oxygens (including phenoxy) is 1. The third-order valence-corrected chi connectivity index (χ3v) is 3.27. The van der Waals surface area contributed by atoms with E-state index in [1.54, 1.807) is 6.20 Å². The van der Waals surface area contributed by atoms with Crippen molar-refractivity contribution in [3.8, 4) is 5.75 Å². The van der Waals surface area contributed by atoms with Gasteiger partial charge in [0.15, 0.2) is 0 Å². The van der Waals surface area contributed by atoms with Gasteiger partial charge in [0.1, 0.15) is 18.2 Å². The van der Waals surface area contributed by atoms with Crippen LogP contribution in [0.15, 0.2) is 39.7 Å². The molecule has 0 aliphatic rings. The van der Waals surface area contributed by atoms with Crippen LogP contribution in [0.3, 0.4) is 0 Å². The lowest BCUT2D eigenvalue weighted by Gasteiger charge is -2.10. The van der Waals surface area contributed by atoms with Crippen molar-refractivity contribution in [2.24, 2.45) is 5.73 Å². The fourth-order valence-corrected chi connectivity index (χ4v) is 1.92. The highest BCUT2D eigenvalue weighted by atomic mass is 79.9. The maximum Gasteiger partial charge on any atom is 0.349 e. The van der Waals surface area contributed by atoms with E-state index >= 15 is 0 Å². The Hall–Kier alpha value is -1.86. The molecule has 0 radical (unpaired) electrons. The Morgan fingerprint density at radius 1 is 1.30 bits per heavy atom. The molecule has 0 saturated carbocycles. The van der Waals surface area contributed by atoms with Gasteiger partial charge in [-0.1, -0.05) is 15.9 Å². The number of rotatable bonds is 5. The maximum atomic E-state index is 11.7. The molecule has 7 heteroatoms. The molecule has 0 bridgehead atoms. The lowest BCUT2D eigenvalue weighted by molar-refractivity contribution is 0.295. The summed E-state index contributed by atoms with van der Waals surface area (Å²) in [5, 5.41) is 0. The van der Waals surface area contributed by atoms with Crippen molar-refractivity contribution in [3.63, 3.8) is 0 Å². The normalized spacial score (nSPS) is 10.5. The molecular weight excluding hydrogens is 324 g/mol. The van der Waals surface area contributed by atoms with Crippen molar-refractivity contribution in [1.82, 2.24) is 9.55 Å². The Kier molecular flexibility index (Phi) is 4.75. The standard InChI is InChI=1S/C13H15BrN4O2/c14-10-1-3-11(4-2-10)20-6-5-18-8-9(7-15)12(16)17-13(18)19/h1-4,8H,5-7,15H2,(H2,16,17,19). The van der Waals surface area contributed by atoms with Crippen molar-refractivity contribution in [2.75, 3.05) is 12.3 Å². The largest absolute Gasteiger partial charge is 0.492 e. The van der Waals surface area contributed by atoms with Gasteiger partial charge < -0.3 is 16.2 Å². The molecule has 2 rings (SSSR count). The first-order valence-corrected chi connectivity index (χ1v) is 6.83. The fraction of sp³-hybridized carbons (Fsp3) is 0.231. The van der Waals surface area contributed by atoms with Crippen LogP contribution in [0.5, 0.6) is 5.75 Å². The molecule has 4 N–H and O–H groups in total. The minimum absolute atomic E-state index is 0.183. The molecule has 20 heavy (non-hydrogen) atoms. The molecule has 0 amide bonds. The quantitative estimate of drug-likeness (QED) is 0.851. The Morgan fingerprint density at radius 2 is 2.00 bits per heavy atom. The minimum atomic E-state index is -0.404. The molecule has 106 valence electrons. The van der Waals surface area contributed by atoms with Crippen LogP contribution < -0.4 is 21.9 Å². The Morgan fingerprint density at radius 3 is 2.65 bits per heavy atom. The zero-order valence-electron chi connectivity index (χ0n) is 10.8. The monoisotopic (exact) mass is 338 g/mol. The third-order valence-electron chi connectivity index (χ3n) is 2.74. The average molecular weight is 339 g/mol. The lowest BCUT2D eigenvalue weighted by Crippen LogP contribution is -2.27. The number of hydrogen-bond donors (Lipinski definition) is 2. The van der Waals surface area contributed by atoms with Crippen molar-refractivity contribution in [3.05, 3.63) is 51.0 Å². The van der Waals surface area contributed by atoms with Gasteiger partial charge in [0.2, 0.25) is 0 Å². The summed E-state index contributed by atoms with van der Waals surface area (Å²) < 4.78 is 7.98. The van der Waals surface area contributed by atoms with Gasteiger partial charge in [-0.3, -0.25) is 4.57 Å². The van der Waals surface area contributed by atoms with Crippen LogP contribution in [0.4, 0.5) is 5.82 Å². The molecule has 0 saturated heterocycles. The average Bonchev–Trinajstić information content (AvgIpc) is 2.43. The number of hydrogen-bond acceptors (Lipinski definition) is 5. The van der Waals surface area contributed by atoms with E-state index < -0.39 is 5.69 Å². The van der Waals surface area contributed by atoms with Crippen molar-refractivity contribution in [2.45, 2.75) is 13.1 Å². The summed E-state index contributed by atoms with van der Waals surface area (Å²) in [5.74, 6) is 0.922. The predicted molar refractivity (Wildman–Crippen MR) is 80.4 cm³/mol. The van der Waals surface area contributed by atoms with E-state index in [0.29, 0.717) is 18.7 Å². The van der Waals surface area contributed by atoms with Gasteiger partial charge in [0.05, 0.1) is 6.54 Å². The van der Waals surface area contributed by atoms with E-state index in [1.807, 2.05) is 24.3 Å². The van der Waals surface area contributed by atoms with E-state index in [1.165, 1.54) is 4.57 Å². The van der Waals surface area contributed by atoms with Gasteiger partial charge in [0.25, 0.3) is 0 Å². The Balaban J connectivity index is 2.00. The second-order valence-electron chi connectivity index (χ2n) is 4.13. The molecule has 0 atom stereocenters. The first-order valence-electron chi connectivity index (χ1n) is 6.04. The van der Waals surface area contributed by atoms with Crippen LogP contribution in [0.2, 0.25) is 0 Å². The van der Waals surface area contributed by atoms with Gasteiger partial charge in [-0.05, 0) is 24.3 Å². The van der Waals surface area contributed by atoms with Gasteiger partial charge >= 0.3 is 5.69 Å². The second-order valence-corrected chi connectivity index (χ2v) is 5.05. The molecule has 1 heterocycles. The highest BCUT2D eigenvalue weighted by Crippen LogP contribution is 2.15. The van der Waals surface area contributed by atoms with Crippen LogP contribution >= 0.6 is 15.9 Å². The molecule has 2 aromatic rings. The lowest BCUT2D eigenvalue weighted by atomic mass is 10.3. The molecule has 0 spiro atoms. The topological polar surface area (TPSA) is 96.2 Å². The molecular formula is C13H15BrN4O2. The molecule has 1 aromatic heterocycles. The van der Waals surface area contributed by atoms with Gasteiger partial charge in [-0.15, -0.1) is 0 Å². The van der Waals surface area contributed by atoms with E-state index in [-0.39, 0.29) is 12.4 Å². The van der Waals surface area contributed by atoms with Crippen molar-refractivity contribution >= 4 is 21.7 Å². The van der Waals surface area contributed by atoms with Gasteiger partial charge in [0, 0.05) is 22.8 Å². The smallest absolute Gasteiger partial charge is 0.349 e. The summed E-state index contributed by atoms with van der Waals surface area (Å²) >= 11 is 3.35. The van der Waals surface area contributed by atoms with Crippen molar-refractivity contribution < 1.29 is 4.74 Å². The molecule has 1 aromatic carbocycles. The summed E-state index contributed by atoms with van der Waals surface area (Å²) in [6, 6.07) is 7.47. The number of aromatic nitrogens is 2. The molecule has 0 fully saturated rings. The second kappa shape index (κ2) is 6.53. The highest BCUT2D eigenvalue weighted by molar-refractivity contribution is 9.10. The van der Waals surface area contributed by atoms with Gasteiger partial charge in [-0.25, -0.2) is 4.79 Å². The highest BCUT2D eigenvalue weighted by Gasteiger charge is 2.04. The SMILES string of the molecule is NCc1cn(CCOc2ccc(Br)cc2)c(=O)nc1N. The van der Waals surface area contributed by atoms with E-state index in [0.717, 1.165) is 10.2 Å². The first-order chi connectivity index (χ1) is 9.60. The zero-order chi connectivity index (χ0) is 14.5. The van der Waals surface area contributed by atoms with Gasteiger partial charge in [-0.2, -0.15) is 4.98 Å². The summed E-state index contributed by atoms with van der Waals surface area (Å²) in [6.07, 6.45) is 1.62. The predicted octanol–water partition coefficient (Wildman–Crippen LogP) is 1.13. The van der Waals surface area contributed by atoms with Crippen LogP contribution in [-0.4, -0.2) is 16.2 Å².